The van der Waals surface area contributed by atoms with Gasteiger partial charge in [0.2, 0.25) is 0 Å². The molecule has 0 saturated carbocycles. The van der Waals surface area contributed by atoms with E-state index in [1.807, 2.05) is 12.1 Å². The topological polar surface area (TPSA) is 50.7 Å². The first kappa shape index (κ1) is 16.1. The fourth-order valence-electron chi connectivity index (χ4n) is 1.83. The number of aliphatic hydroxyl groups excluding tert-OH is 1. The van der Waals surface area contributed by atoms with E-state index in [1.165, 1.54) is 0 Å². The summed E-state index contributed by atoms with van der Waals surface area (Å²) in [6.45, 7) is 4.85. The van der Waals surface area contributed by atoms with E-state index in [0.717, 1.165) is 5.56 Å². The lowest BCUT2D eigenvalue weighted by molar-refractivity contribution is 0.210. The van der Waals surface area contributed by atoms with Crippen LogP contribution in [-0.4, -0.2) is 32.0 Å². The predicted octanol–water partition coefficient (Wildman–Crippen LogP) is 2.46. The van der Waals surface area contributed by atoms with Gasteiger partial charge in [-0.2, -0.15) is 0 Å². The number of aliphatic hydroxyl groups is 1. The Morgan fingerprint density at radius 3 is 2.42 bits per heavy atom. The second-order valence-electron chi connectivity index (χ2n) is 4.73. The van der Waals surface area contributed by atoms with E-state index in [2.05, 4.69) is 19.2 Å². The van der Waals surface area contributed by atoms with E-state index < -0.39 is 0 Å². The van der Waals surface area contributed by atoms with Crippen LogP contribution < -0.4 is 14.8 Å². The molecule has 2 N–H and O–H groups in total. The van der Waals surface area contributed by atoms with Crippen molar-refractivity contribution < 1.29 is 14.6 Å². The van der Waals surface area contributed by atoms with E-state index in [9.17, 15) is 5.11 Å². The third kappa shape index (κ3) is 4.27. The molecule has 1 atom stereocenters. The Balaban J connectivity index is 2.82. The molecular weight excluding hydrogens is 266 g/mol. The van der Waals surface area contributed by atoms with Gasteiger partial charge in [-0.25, -0.2) is 0 Å². The molecule has 0 bridgehead atoms. The van der Waals surface area contributed by atoms with Crippen molar-refractivity contribution in [1.29, 1.82) is 0 Å². The number of ether oxygens (including phenoxy) is 2. The number of benzene rings is 1. The van der Waals surface area contributed by atoms with Gasteiger partial charge in [-0.3, -0.25) is 0 Å². The summed E-state index contributed by atoms with van der Waals surface area (Å²) in [7, 11) is 3.14. The summed E-state index contributed by atoms with van der Waals surface area (Å²) >= 11 is 6.14. The Bertz CT molecular complexity index is 410. The lowest BCUT2D eigenvalue weighted by Crippen LogP contribution is -2.36. The third-order valence-electron chi connectivity index (χ3n) is 3.06. The number of hydrogen-bond acceptors (Lipinski definition) is 4. The lowest BCUT2D eigenvalue weighted by Gasteiger charge is -2.20. The van der Waals surface area contributed by atoms with Crippen LogP contribution in [0.3, 0.4) is 0 Å². The molecule has 0 saturated heterocycles. The van der Waals surface area contributed by atoms with Crippen LogP contribution in [0.15, 0.2) is 12.1 Å². The van der Waals surface area contributed by atoms with Crippen LogP contribution in [0, 0.1) is 5.92 Å². The first-order chi connectivity index (χ1) is 9.03. The molecule has 0 unspecified atom stereocenters. The molecule has 0 aromatic heterocycles. The smallest absolute Gasteiger partial charge is 0.179 e. The average molecular weight is 288 g/mol. The number of halogens is 1. The van der Waals surface area contributed by atoms with Crippen molar-refractivity contribution in [3.8, 4) is 11.5 Å². The van der Waals surface area contributed by atoms with Crippen LogP contribution in [0.2, 0.25) is 5.02 Å². The minimum absolute atomic E-state index is 0.0619. The first-order valence-corrected chi connectivity index (χ1v) is 6.65. The minimum Gasteiger partial charge on any atom is -0.493 e. The standard InChI is InChI=1S/C14H22ClNO3/c1-9(2)12(8-17)16-7-10-5-11(15)14(19-4)13(6-10)18-3/h5-6,9,12,16-17H,7-8H2,1-4H3/t12-/m1/s1. The van der Waals surface area contributed by atoms with Gasteiger partial charge in [0.25, 0.3) is 0 Å². The molecule has 1 rings (SSSR count). The van der Waals surface area contributed by atoms with Gasteiger partial charge in [0.05, 0.1) is 25.8 Å². The summed E-state index contributed by atoms with van der Waals surface area (Å²) in [6.07, 6.45) is 0. The van der Waals surface area contributed by atoms with Crippen molar-refractivity contribution in [2.24, 2.45) is 5.92 Å². The normalized spacial score (nSPS) is 12.6. The van der Waals surface area contributed by atoms with Gasteiger partial charge in [0.15, 0.2) is 11.5 Å². The molecule has 108 valence electrons. The molecule has 0 aliphatic carbocycles. The molecule has 0 aliphatic heterocycles. The quantitative estimate of drug-likeness (QED) is 0.809. The van der Waals surface area contributed by atoms with Crippen molar-refractivity contribution in [2.45, 2.75) is 26.4 Å². The van der Waals surface area contributed by atoms with Crippen molar-refractivity contribution in [2.75, 3.05) is 20.8 Å². The molecule has 5 heteroatoms. The summed E-state index contributed by atoms with van der Waals surface area (Å²) in [5.74, 6) is 1.51. The summed E-state index contributed by atoms with van der Waals surface area (Å²) < 4.78 is 10.4. The largest absolute Gasteiger partial charge is 0.493 e. The summed E-state index contributed by atoms with van der Waals surface area (Å²) in [5, 5.41) is 13.1. The zero-order chi connectivity index (χ0) is 14.4. The van der Waals surface area contributed by atoms with E-state index in [-0.39, 0.29) is 12.6 Å². The van der Waals surface area contributed by atoms with Crippen molar-refractivity contribution in [1.82, 2.24) is 5.32 Å². The molecule has 1 aromatic rings. The maximum atomic E-state index is 9.28. The monoisotopic (exact) mass is 287 g/mol. The van der Waals surface area contributed by atoms with Crippen LogP contribution in [-0.2, 0) is 6.54 Å². The Labute approximate surface area is 119 Å². The van der Waals surface area contributed by atoms with Crippen LogP contribution >= 0.6 is 11.6 Å². The highest BCUT2D eigenvalue weighted by Crippen LogP contribution is 2.35. The van der Waals surface area contributed by atoms with Gasteiger partial charge >= 0.3 is 0 Å². The highest BCUT2D eigenvalue weighted by molar-refractivity contribution is 6.32. The van der Waals surface area contributed by atoms with E-state index in [4.69, 9.17) is 21.1 Å². The number of hydrogen-bond donors (Lipinski definition) is 2. The fraction of sp³-hybridized carbons (Fsp3) is 0.571. The number of nitrogens with one attached hydrogen (secondary N) is 1. The average Bonchev–Trinajstić information content (AvgIpc) is 2.38. The minimum atomic E-state index is 0.0619. The van der Waals surface area contributed by atoms with Crippen molar-refractivity contribution in [3.05, 3.63) is 22.7 Å². The van der Waals surface area contributed by atoms with Crippen LogP contribution in [0.5, 0.6) is 11.5 Å². The van der Waals surface area contributed by atoms with Gasteiger partial charge in [0.1, 0.15) is 0 Å². The zero-order valence-corrected chi connectivity index (χ0v) is 12.6. The summed E-state index contributed by atoms with van der Waals surface area (Å²) in [5.41, 5.74) is 0.988. The van der Waals surface area contributed by atoms with E-state index >= 15 is 0 Å². The van der Waals surface area contributed by atoms with Crippen molar-refractivity contribution in [3.63, 3.8) is 0 Å². The second kappa shape index (κ2) is 7.58. The Kier molecular flexibility index (Phi) is 6.42. The molecule has 1 aromatic carbocycles. The Morgan fingerprint density at radius 1 is 1.26 bits per heavy atom. The van der Waals surface area contributed by atoms with Gasteiger partial charge in [-0.1, -0.05) is 25.4 Å². The van der Waals surface area contributed by atoms with E-state index in [0.29, 0.717) is 29.0 Å². The van der Waals surface area contributed by atoms with Crippen LogP contribution in [0.25, 0.3) is 0 Å². The maximum absolute atomic E-state index is 9.28. The highest BCUT2D eigenvalue weighted by Gasteiger charge is 2.14. The second-order valence-corrected chi connectivity index (χ2v) is 5.13. The number of rotatable bonds is 7. The van der Waals surface area contributed by atoms with Crippen LogP contribution in [0.4, 0.5) is 0 Å². The van der Waals surface area contributed by atoms with Crippen molar-refractivity contribution >= 4 is 11.6 Å². The third-order valence-corrected chi connectivity index (χ3v) is 3.34. The lowest BCUT2D eigenvalue weighted by atomic mass is 10.0. The SMILES string of the molecule is COc1cc(CN[C@H](CO)C(C)C)cc(Cl)c1OC. The molecule has 4 nitrogen and oxygen atoms in total. The molecule has 0 amide bonds. The highest BCUT2D eigenvalue weighted by atomic mass is 35.5. The predicted molar refractivity (Wildman–Crippen MR) is 77.1 cm³/mol. The van der Waals surface area contributed by atoms with Gasteiger partial charge < -0.3 is 19.9 Å². The van der Waals surface area contributed by atoms with Crippen LogP contribution in [0.1, 0.15) is 19.4 Å². The van der Waals surface area contributed by atoms with Gasteiger partial charge in [-0.15, -0.1) is 0 Å². The number of methoxy groups -OCH3 is 2. The summed E-state index contributed by atoms with van der Waals surface area (Å²) in [6, 6.07) is 3.78. The first-order valence-electron chi connectivity index (χ1n) is 6.28. The Hall–Kier alpha value is -0.970. The molecule has 0 fully saturated rings. The molecule has 0 spiro atoms. The molecular formula is C14H22ClNO3. The maximum Gasteiger partial charge on any atom is 0.179 e. The van der Waals surface area contributed by atoms with Gasteiger partial charge in [0, 0.05) is 12.6 Å². The molecule has 0 aliphatic rings. The van der Waals surface area contributed by atoms with Gasteiger partial charge in [-0.05, 0) is 23.6 Å². The zero-order valence-electron chi connectivity index (χ0n) is 11.9. The molecule has 0 radical (unpaired) electrons. The fourth-order valence-corrected chi connectivity index (χ4v) is 2.14. The molecule has 19 heavy (non-hydrogen) atoms. The van der Waals surface area contributed by atoms with E-state index in [1.54, 1.807) is 14.2 Å². The Morgan fingerprint density at radius 2 is 1.95 bits per heavy atom. The summed E-state index contributed by atoms with van der Waals surface area (Å²) in [4.78, 5) is 0. The molecule has 0 heterocycles.